The highest BCUT2D eigenvalue weighted by molar-refractivity contribution is 7.99. The molecule has 0 unspecified atom stereocenters. The number of hydrogen-bond acceptors (Lipinski definition) is 7. The summed E-state index contributed by atoms with van der Waals surface area (Å²) in [5.41, 5.74) is 2.14. The van der Waals surface area contributed by atoms with E-state index in [0.717, 1.165) is 24.9 Å². The van der Waals surface area contributed by atoms with E-state index < -0.39 is 4.92 Å². The lowest BCUT2D eigenvalue weighted by Crippen LogP contribution is -1.99. The Morgan fingerprint density at radius 1 is 1.26 bits per heavy atom. The van der Waals surface area contributed by atoms with Gasteiger partial charge in [-0.25, -0.2) is 0 Å². The van der Waals surface area contributed by atoms with Gasteiger partial charge in [-0.05, 0) is 58.8 Å². The number of hydrogen-bond donors (Lipinski definition) is 0. The molecule has 8 nitrogen and oxygen atoms in total. The van der Waals surface area contributed by atoms with E-state index in [0.29, 0.717) is 10.1 Å². The molecule has 0 saturated heterocycles. The van der Waals surface area contributed by atoms with Gasteiger partial charge in [0.2, 0.25) is 5.16 Å². The maximum atomic E-state index is 10.9. The molecule has 1 aromatic heterocycles. The monoisotopic (exact) mass is 380 g/mol. The van der Waals surface area contributed by atoms with Crippen molar-refractivity contribution in [2.45, 2.75) is 36.2 Å². The zero-order valence-electron chi connectivity index (χ0n) is 14.6. The molecule has 0 saturated carbocycles. The van der Waals surface area contributed by atoms with Crippen LogP contribution < -0.4 is 0 Å². The van der Waals surface area contributed by atoms with E-state index in [2.05, 4.69) is 22.4 Å². The van der Waals surface area contributed by atoms with E-state index in [9.17, 15) is 15.4 Å². The van der Waals surface area contributed by atoms with Crippen LogP contribution >= 0.6 is 11.8 Å². The van der Waals surface area contributed by atoms with Gasteiger partial charge >= 0.3 is 0 Å². The molecule has 1 heterocycles. The normalized spacial score (nSPS) is 10.5. The van der Waals surface area contributed by atoms with Crippen LogP contribution in [0.15, 0.2) is 52.5 Å². The molecule has 0 aliphatic carbocycles. The molecule has 0 atom stereocenters. The maximum Gasteiger partial charge on any atom is 0.270 e. The SMILES string of the molecule is CCCCc1ccc(-n2nnnc2Sc2ccc([N+](=O)[O-])cc2C#N)cc1. The molecular weight excluding hydrogens is 364 g/mol. The van der Waals surface area contributed by atoms with E-state index >= 15 is 0 Å². The van der Waals surface area contributed by atoms with Gasteiger partial charge in [0.25, 0.3) is 5.69 Å². The van der Waals surface area contributed by atoms with Crippen LogP contribution in [0.2, 0.25) is 0 Å². The summed E-state index contributed by atoms with van der Waals surface area (Å²) < 4.78 is 1.58. The number of nitro groups is 1. The largest absolute Gasteiger partial charge is 0.270 e. The van der Waals surface area contributed by atoms with Crippen LogP contribution in [0.1, 0.15) is 30.9 Å². The molecule has 27 heavy (non-hydrogen) atoms. The number of nitriles is 1. The number of nitro benzene ring substituents is 1. The molecule has 3 aromatic rings. The van der Waals surface area contributed by atoms with Crippen LogP contribution in [0.4, 0.5) is 5.69 Å². The predicted octanol–water partition coefficient (Wildman–Crippen LogP) is 3.94. The second-order valence-electron chi connectivity index (χ2n) is 5.79. The molecule has 0 spiro atoms. The second kappa shape index (κ2) is 8.42. The fourth-order valence-corrected chi connectivity index (χ4v) is 3.35. The minimum Gasteiger partial charge on any atom is -0.258 e. The summed E-state index contributed by atoms with van der Waals surface area (Å²) in [5, 5.41) is 32.4. The van der Waals surface area contributed by atoms with Gasteiger partial charge < -0.3 is 0 Å². The van der Waals surface area contributed by atoms with Crippen molar-refractivity contribution in [2.24, 2.45) is 0 Å². The smallest absolute Gasteiger partial charge is 0.258 e. The average molecular weight is 380 g/mol. The number of aromatic nitrogens is 4. The number of nitrogens with zero attached hydrogens (tertiary/aromatic N) is 6. The average Bonchev–Trinajstić information content (AvgIpc) is 3.15. The van der Waals surface area contributed by atoms with Crippen molar-refractivity contribution in [3.63, 3.8) is 0 Å². The van der Waals surface area contributed by atoms with Crippen molar-refractivity contribution in [1.82, 2.24) is 20.2 Å². The van der Waals surface area contributed by atoms with Crippen molar-refractivity contribution in [3.8, 4) is 11.8 Å². The van der Waals surface area contributed by atoms with Crippen molar-refractivity contribution < 1.29 is 4.92 Å². The fourth-order valence-electron chi connectivity index (χ4n) is 2.50. The zero-order chi connectivity index (χ0) is 19.2. The molecule has 0 amide bonds. The Bertz CT molecular complexity index is 994. The lowest BCUT2D eigenvalue weighted by molar-refractivity contribution is -0.384. The quantitative estimate of drug-likeness (QED) is 0.451. The number of non-ortho nitro benzene ring substituents is 1. The Morgan fingerprint density at radius 2 is 2.04 bits per heavy atom. The Hall–Kier alpha value is -3.25. The Balaban J connectivity index is 1.86. The number of unbranched alkanes of at least 4 members (excludes halogenated alkanes) is 1. The van der Waals surface area contributed by atoms with E-state index in [-0.39, 0.29) is 11.3 Å². The molecule has 3 rings (SSSR count). The van der Waals surface area contributed by atoms with Crippen molar-refractivity contribution >= 4 is 17.4 Å². The molecule has 0 aliphatic heterocycles. The van der Waals surface area contributed by atoms with Crippen LogP contribution in [-0.2, 0) is 6.42 Å². The lowest BCUT2D eigenvalue weighted by Gasteiger charge is -2.06. The number of aryl methyl sites for hydroxylation is 1. The summed E-state index contributed by atoms with van der Waals surface area (Å²) in [7, 11) is 0. The molecule has 9 heteroatoms. The third-order valence-electron chi connectivity index (χ3n) is 3.94. The zero-order valence-corrected chi connectivity index (χ0v) is 15.4. The summed E-state index contributed by atoms with van der Waals surface area (Å²) in [4.78, 5) is 10.9. The molecule has 0 N–H and O–H groups in total. The summed E-state index contributed by atoms with van der Waals surface area (Å²) in [6.07, 6.45) is 3.32. The van der Waals surface area contributed by atoms with Gasteiger partial charge in [-0.1, -0.05) is 25.5 Å². The van der Waals surface area contributed by atoms with Crippen LogP contribution in [0, 0.1) is 21.4 Å². The highest BCUT2D eigenvalue weighted by Gasteiger charge is 2.16. The molecule has 0 fully saturated rings. The fraction of sp³-hybridized carbons (Fsp3) is 0.222. The number of rotatable bonds is 7. The van der Waals surface area contributed by atoms with Crippen molar-refractivity contribution in [2.75, 3.05) is 0 Å². The van der Waals surface area contributed by atoms with E-state index in [1.807, 2.05) is 30.3 Å². The topological polar surface area (TPSA) is 111 Å². The van der Waals surface area contributed by atoms with Gasteiger partial charge in [0.15, 0.2) is 0 Å². The third-order valence-corrected chi connectivity index (χ3v) is 4.95. The maximum absolute atomic E-state index is 10.9. The van der Waals surface area contributed by atoms with E-state index in [1.54, 1.807) is 4.68 Å². The second-order valence-corrected chi connectivity index (χ2v) is 6.80. The van der Waals surface area contributed by atoms with Gasteiger partial charge in [0.05, 0.1) is 16.2 Å². The van der Waals surface area contributed by atoms with E-state index in [4.69, 9.17) is 0 Å². The van der Waals surface area contributed by atoms with Crippen LogP contribution in [0.3, 0.4) is 0 Å². The highest BCUT2D eigenvalue weighted by Crippen LogP contribution is 2.31. The van der Waals surface area contributed by atoms with Gasteiger partial charge in [0.1, 0.15) is 6.07 Å². The summed E-state index contributed by atoms with van der Waals surface area (Å²) >= 11 is 1.19. The Kier molecular flexibility index (Phi) is 5.78. The van der Waals surface area contributed by atoms with Crippen LogP contribution in [0.5, 0.6) is 0 Å². The van der Waals surface area contributed by atoms with Crippen molar-refractivity contribution in [3.05, 3.63) is 63.7 Å². The Morgan fingerprint density at radius 3 is 2.70 bits per heavy atom. The first-order valence-corrected chi connectivity index (χ1v) is 9.18. The Labute approximate surface area is 160 Å². The third kappa shape index (κ3) is 4.30. The summed E-state index contributed by atoms with van der Waals surface area (Å²) in [6.45, 7) is 2.16. The summed E-state index contributed by atoms with van der Waals surface area (Å²) in [5.74, 6) is 0. The number of benzene rings is 2. The van der Waals surface area contributed by atoms with Crippen LogP contribution in [-0.4, -0.2) is 25.1 Å². The van der Waals surface area contributed by atoms with Crippen LogP contribution in [0.25, 0.3) is 5.69 Å². The first-order chi connectivity index (χ1) is 13.1. The standard InChI is InChI=1S/C18H16N6O2S/c1-2-3-4-13-5-7-15(8-6-13)23-18(20-21-22-23)27-17-10-9-16(24(25)26)11-14(17)12-19/h5-11H,2-4H2,1H3. The summed E-state index contributed by atoms with van der Waals surface area (Å²) in [6, 6.07) is 14.1. The molecule has 0 radical (unpaired) electrons. The van der Waals surface area contributed by atoms with E-state index in [1.165, 1.54) is 35.5 Å². The van der Waals surface area contributed by atoms with Gasteiger partial charge in [-0.2, -0.15) is 9.94 Å². The van der Waals surface area contributed by atoms with Crippen molar-refractivity contribution in [1.29, 1.82) is 5.26 Å². The predicted molar refractivity (Wildman–Crippen MR) is 99.7 cm³/mol. The molecular formula is C18H16N6O2S. The van der Waals surface area contributed by atoms with Gasteiger partial charge in [0, 0.05) is 17.0 Å². The lowest BCUT2D eigenvalue weighted by atomic mass is 10.1. The first-order valence-electron chi connectivity index (χ1n) is 8.36. The minimum atomic E-state index is -0.528. The first kappa shape index (κ1) is 18.5. The minimum absolute atomic E-state index is 0.127. The highest BCUT2D eigenvalue weighted by atomic mass is 32.2. The van der Waals surface area contributed by atoms with Gasteiger partial charge in [-0.15, -0.1) is 5.10 Å². The molecule has 136 valence electrons. The van der Waals surface area contributed by atoms with Gasteiger partial charge in [-0.3, -0.25) is 10.1 Å². The molecule has 0 bridgehead atoms. The molecule has 2 aromatic carbocycles. The molecule has 0 aliphatic rings. The number of tetrazole rings is 1.